The maximum atomic E-state index is 6.29. The van der Waals surface area contributed by atoms with Crippen molar-refractivity contribution in [3.63, 3.8) is 0 Å². The molecule has 0 amide bonds. The van der Waals surface area contributed by atoms with Crippen LogP contribution >= 0.6 is 11.6 Å². The van der Waals surface area contributed by atoms with Crippen LogP contribution in [0.3, 0.4) is 0 Å². The van der Waals surface area contributed by atoms with Crippen molar-refractivity contribution in [1.29, 1.82) is 0 Å². The SMILES string of the molecule is C[C@@H]1CNCCN1CCn1c2c(c3cc(Cl)ccc31)CN(C)CC2. The summed E-state index contributed by atoms with van der Waals surface area (Å²) in [6, 6.07) is 7.01. The van der Waals surface area contributed by atoms with Gasteiger partial charge >= 0.3 is 0 Å². The molecule has 4 nitrogen and oxygen atoms in total. The Labute approximate surface area is 149 Å². The van der Waals surface area contributed by atoms with Crippen LogP contribution in [0.15, 0.2) is 18.2 Å². The molecule has 0 radical (unpaired) electrons. The molecule has 1 saturated heterocycles. The van der Waals surface area contributed by atoms with Crippen LogP contribution in [0.5, 0.6) is 0 Å². The number of fused-ring (bicyclic) bond motifs is 3. The molecule has 130 valence electrons. The minimum atomic E-state index is 0.622. The third kappa shape index (κ3) is 2.97. The van der Waals surface area contributed by atoms with Crippen molar-refractivity contribution in [2.45, 2.75) is 32.5 Å². The summed E-state index contributed by atoms with van der Waals surface area (Å²) in [6.07, 6.45) is 1.13. The van der Waals surface area contributed by atoms with E-state index in [2.05, 4.69) is 45.8 Å². The predicted molar refractivity (Wildman–Crippen MR) is 101 cm³/mol. The first-order chi connectivity index (χ1) is 11.6. The standard InChI is InChI=1S/C19H27ClN4/c1-14-12-21-6-8-23(14)9-10-24-18-4-3-15(20)11-16(18)17-13-22(2)7-5-19(17)24/h3-4,11,14,21H,5-10,12-13H2,1-2H3/t14-/m1/s1. The molecule has 1 aromatic heterocycles. The molecule has 2 aromatic rings. The highest BCUT2D eigenvalue weighted by Gasteiger charge is 2.24. The molecule has 2 aliphatic heterocycles. The van der Waals surface area contributed by atoms with Crippen LogP contribution in [0.4, 0.5) is 0 Å². The number of nitrogens with one attached hydrogen (secondary N) is 1. The second-order valence-electron chi connectivity index (χ2n) is 7.32. The minimum Gasteiger partial charge on any atom is -0.343 e. The van der Waals surface area contributed by atoms with Crippen molar-refractivity contribution in [3.05, 3.63) is 34.5 Å². The van der Waals surface area contributed by atoms with Gasteiger partial charge in [0.15, 0.2) is 0 Å². The van der Waals surface area contributed by atoms with Crippen molar-refractivity contribution in [1.82, 2.24) is 19.7 Å². The lowest BCUT2D eigenvalue weighted by Crippen LogP contribution is -2.50. The van der Waals surface area contributed by atoms with Gasteiger partial charge in [-0.2, -0.15) is 0 Å². The number of aromatic nitrogens is 1. The molecule has 0 aliphatic carbocycles. The van der Waals surface area contributed by atoms with Crippen LogP contribution < -0.4 is 5.32 Å². The normalized spacial score (nSPS) is 22.9. The number of likely N-dealkylation sites (N-methyl/N-ethyl adjacent to an activating group) is 1. The van der Waals surface area contributed by atoms with Crippen molar-refractivity contribution in [2.24, 2.45) is 0 Å². The zero-order valence-corrected chi connectivity index (χ0v) is 15.4. The third-order valence-electron chi connectivity index (χ3n) is 5.66. The average Bonchev–Trinajstić information content (AvgIpc) is 2.87. The maximum absolute atomic E-state index is 6.29. The highest BCUT2D eigenvalue weighted by molar-refractivity contribution is 6.31. The molecule has 3 heterocycles. The summed E-state index contributed by atoms with van der Waals surface area (Å²) in [7, 11) is 2.21. The van der Waals surface area contributed by atoms with Crippen LogP contribution in [0.2, 0.25) is 5.02 Å². The van der Waals surface area contributed by atoms with Crippen LogP contribution in [-0.2, 0) is 19.5 Å². The highest BCUT2D eigenvalue weighted by Crippen LogP contribution is 2.32. The van der Waals surface area contributed by atoms with Gasteiger partial charge in [-0.1, -0.05) is 11.6 Å². The molecule has 1 fully saturated rings. The molecular formula is C19H27ClN4. The van der Waals surface area contributed by atoms with Gasteiger partial charge in [0.2, 0.25) is 0 Å². The van der Waals surface area contributed by atoms with Crippen molar-refractivity contribution >= 4 is 22.5 Å². The van der Waals surface area contributed by atoms with E-state index in [1.807, 2.05) is 6.07 Å². The summed E-state index contributed by atoms with van der Waals surface area (Å²) >= 11 is 6.29. The first kappa shape index (κ1) is 16.4. The van der Waals surface area contributed by atoms with Gasteiger partial charge in [0.1, 0.15) is 0 Å². The summed E-state index contributed by atoms with van der Waals surface area (Å²) in [4.78, 5) is 5.02. The largest absolute Gasteiger partial charge is 0.343 e. The Hall–Kier alpha value is -1.07. The molecule has 0 bridgehead atoms. The first-order valence-corrected chi connectivity index (χ1v) is 9.44. The Kier molecular flexibility index (Phi) is 4.56. The second kappa shape index (κ2) is 6.68. The number of rotatable bonds is 3. The fraction of sp³-hybridized carbons (Fsp3) is 0.579. The molecule has 1 atom stereocenters. The van der Waals surface area contributed by atoms with Gasteiger partial charge in [-0.05, 0) is 37.7 Å². The Morgan fingerprint density at radius 3 is 2.96 bits per heavy atom. The van der Waals surface area contributed by atoms with Crippen molar-refractivity contribution in [3.8, 4) is 0 Å². The fourth-order valence-electron chi connectivity index (χ4n) is 4.26. The number of hydrogen-bond acceptors (Lipinski definition) is 3. The Balaban J connectivity index is 1.67. The maximum Gasteiger partial charge on any atom is 0.0487 e. The van der Waals surface area contributed by atoms with E-state index in [1.165, 1.54) is 22.2 Å². The van der Waals surface area contributed by atoms with Crippen LogP contribution in [-0.4, -0.2) is 60.2 Å². The molecule has 24 heavy (non-hydrogen) atoms. The lowest BCUT2D eigenvalue weighted by Gasteiger charge is -2.34. The zero-order valence-electron chi connectivity index (χ0n) is 14.7. The Bertz CT molecular complexity index is 739. The molecule has 0 saturated carbocycles. The molecule has 1 N–H and O–H groups in total. The average molecular weight is 347 g/mol. The summed E-state index contributed by atoms with van der Waals surface area (Å²) in [5.41, 5.74) is 4.35. The smallest absolute Gasteiger partial charge is 0.0487 e. The van der Waals surface area contributed by atoms with E-state index in [0.717, 1.165) is 57.3 Å². The van der Waals surface area contributed by atoms with Gasteiger partial charge in [0.25, 0.3) is 0 Å². The first-order valence-electron chi connectivity index (χ1n) is 9.06. The number of nitrogens with zero attached hydrogens (tertiary/aromatic N) is 3. The van der Waals surface area contributed by atoms with Crippen LogP contribution in [0.1, 0.15) is 18.2 Å². The van der Waals surface area contributed by atoms with E-state index >= 15 is 0 Å². The van der Waals surface area contributed by atoms with Gasteiger partial charge in [-0.3, -0.25) is 4.90 Å². The number of hydrogen-bond donors (Lipinski definition) is 1. The minimum absolute atomic E-state index is 0.622. The molecule has 0 spiro atoms. The lowest BCUT2D eigenvalue weighted by atomic mass is 10.1. The number of halogens is 1. The van der Waals surface area contributed by atoms with Gasteiger partial charge < -0.3 is 14.8 Å². The summed E-state index contributed by atoms with van der Waals surface area (Å²) < 4.78 is 2.56. The van der Waals surface area contributed by atoms with Gasteiger partial charge in [0, 0.05) is 79.9 Å². The molecule has 5 heteroatoms. The molecule has 4 rings (SSSR count). The summed E-state index contributed by atoms with van der Waals surface area (Å²) in [6.45, 7) is 10.0. The number of piperazine rings is 1. The third-order valence-corrected chi connectivity index (χ3v) is 5.89. The summed E-state index contributed by atoms with van der Waals surface area (Å²) in [5, 5.41) is 5.66. The molecule has 0 unspecified atom stereocenters. The summed E-state index contributed by atoms with van der Waals surface area (Å²) in [5.74, 6) is 0. The van der Waals surface area contributed by atoms with E-state index < -0.39 is 0 Å². The Morgan fingerprint density at radius 1 is 1.25 bits per heavy atom. The lowest BCUT2D eigenvalue weighted by molar-refractivity contribution is 0.167. The molecule has 1 aromatic carbocycles. The van der Waals surface area contributed by atoms with Gasteiger partial charge in [-0.15, -0.1) is 0 Å². The van der Waals surface area contributed by atoms with Crippen molar-refractivity contribution in [2.75, 3.05) is 39.8 Å². The van der Waals surface area contributed by atoms with E-state index in [9.17, 15) is 0 Å². The van der Waals surface area contributed by atoms with E-state index in [1.54, 1.807) is 0 Å². The molecular weight excluding hydrogens is 320 g/mol. The topological polar surface area (TPSA) is 23.4 Å². The Morgan fingerprint density at radius 2 is 2.12 bits per heavy atom. The van der Waals surface area contributed by atoms with Crippen LogP contribution in [0, 0.1) is 0 Å². The second-order valence-corrected chi connectivity index (χ2v) is 7.75. The van der Waals surface area contributed by atoms with E-state index in [0.29, 0.717) is 6.04 Å². The fourth-order valence-corrected chi connectivity index (χ4v) is 4.43. The van der Waals surface area contributed by atoms with Crippen molar-refractivity contribution < 1.29 is 0 Å². The highest BCUT2D eigenvalue weighted by atomic mass is 35.5. The van der Waals surface area contributed by atoms with E-state index in [4.69, 9.17) is 11.6 Å². The zero-order chi connectivity index (χ0) is 16.7. The number of benzene rings is 1. The van der Waals surface area contributed by atoms with Gasteiger partial charge in [-0.25, -0.2) is 0 Å². The quantitative estimate of drug-likeness (QED) is 0.924. The molecule has 2 aliphatic rings. The monoisotopic (exact) mass is 346 g/mol. The van der Waals surface area contributed by atoms with E-state index in [-0.39, 0.29) is 0 Å². The van der Waals surface area contributed by atoms with Gasteiger partial charge in [0.05, 0.1) is 0 Å². The predicted octanol–water partition coefficient (Wildman–Crippen LogP) is 2.58. The van der Waals surface area contributed by atoms with Crippen LogP contribution in [0.25, 0.3) is 10.9 Å².